The van der Waals surface area contributed by atoms with Crippen molar-refractivity contribution in [3.8, 4) is 0 Å². The molecule has 1 heterocycles. The topological polar surface area (TPSA) is 66.5 Å². The van der Waals surface area contributed by atoms with E-state index in [0.717, 1.165) is 24.8 Å². The molecule has 0 radical (unpaired) electrons. The Kier molecular flexibility index (Phi) is 5.11. The predicted octanol–water partition coefficient (Wildman–Crippen LogP) is 2.32. The summed E-state index contributed by atoms with van der Waals surface area (Å²) in [6.45, 7) is 4.68. The van der Waals surface area contributed by atoms with Crippen LogP contribution in [0.25, 0.3) is 0 Å². The summed E-state index contributed by atoms with van der Waals surface area (Å²) in [4.78, 5) is 12.1. The van der Waals surface area contributed by atoms with Gasteiger partial charge in [0.25, 0.3) is 5.91 Å². The highest BCUT2D eigenvalue weighted by Crippen LogP contribution is 2.34. The summed E-state index contributed by atoms with van der Waals surface area (Å²) in [6, 6.07) is 5.14. The van der Waals surface area contributed by atoms with E-state index in [4.69, 9.17) is 0 Å². The highest BCUT2D eigenvalue weighted by Gasteiger charge is 2.32. The van der Waals surface area contributed by atoms with E-state index in [1.165, 1.54) is 10.6 Å². The summed E-state index contributed by atoms with van der Waals surface area (Å²) in [5.41, 5.74) is 2.20. The first kappa shape index (κ1) is 16.8. The monoisotopic (exact) mass is 324 g/mol. The van der Waals surface area contributed by atoms with Gasteiger partial charge in [-0.15, -0.1) is 0 Å². The summed E-state index contributed by atoms with van der Waals surface area (Å²) in [6.07, 6.45) is 5.05. The van der Waals surface area contributed by atoms with E-state index in [1.807, 2.05) is 13.0 Å². The van der Waals surface area contributed by atoms with Gasteiger partial charge in [-0.25, -0.2) is 8.42 Å². The van der Waals surface area contributed by atoms with Crippen molar-refractivity contribution < 1.29 is 13.2 Å². The maximum absolute atomic E-state index is 12.1. The lowest BCUT2D eigenvalue weighted by molar-refractivity contribution is 0.0953. The Labute approximate surface area is 132 Å². The van der Waals surface area contributed by atoms with Gasteiger partial charge in [0.05, 0.1) is 11.9 Å². The zero-order valence-corrected chi connectivity index (χ0v) is 14.2. The van der Waals surface area contributed by atoms with E-state index in [0.29, 0.717) is 24.2 Å². The molecule has 6 heteroatoms. The van der Waals surface area contributed by atoms with E-state index >= 15 is 0 Å². The summed E-state index contributed by atoms with van der Waals surface area (Å²) in [5, 5.41) is 2.91. The molecule has 0 fully saturated rings. The number of unbranched alkanes of at least 4 members (excludes halogenated alkanes) is 2. The minimum Gasteiger partial charge on any atom is -0.352 e. The molecule has 1 aromatic rings. The second-order valence-corrected chi connectivity index (χ2v) is 7.78. The molecule has 1 N–H and O–H groups in total. The van der Waals surface area contributed by atoms with Gasteiger partial charge in [0, 0.05) is 18.2 Å². The van der Waals surface area contributed by atoms with Gasteiger partial charge >= 0.3 is 0 Å². The molecule has 22 heavy (non-hydrogen) atoms. The molecule has 0 spiro atoms. The van der Waals surface area contributed by atoms with Gasteiger partial charge in [0.15, 0.2) is 0 Å². The second kappa shape index (κ2) is 6.69. The third-order valence-corrected chi connectivity index (χ3v) is 5.19. The van der Waals surface area contributed by atoms with Crippen LogP contribution in [0.5, 0.6) is 0 Å². The highest BCUT2D eigenvalue weighted by atomic mass is 32.2. The molecule has 1 unspecified atom stereocenters. The van der Waals surface area contributed by atoms with E-state index < -0.39 is 10.0 Å². The number of rotatable bonds is 6. The molecule has 0 saturated carbocycles. The minimum atomic E-state index is -3.29. The molecule has 1 aliphatic heterocycles. The number of carbonyl (C=O) groups excluding carboxylic acids is 1. The van der Waals surface area contributed by atoms with Crippen LogP contribution in [0, 0.1) is 0 Å². The number of hydrogen-bond acceptors (Lipinski definition) is 3. The van der Waals surface area contributed by atoms with Crippen molar-refractivity contribution in [3.63, 3.8) is 0 Å². The second-order valence-electron chi connectivity index (χ2n) is 5.92. The maximum atomic E-state index is 12.1. The SMILES string of the molecule is CCCCCNC(=O)c1ccc2c(c1)CC(C)N2S(C)(=O)=O. The molecule has 1 atom stereocenters. The number of nitrogens with one attached hydrogen (secondary N) is 1. The Balaban J connectivity index is 2.13. The number of carbonyl (C=O) groups is 1. The highest BCUT2D eigenvalue weighted by molar-refractivity contribution is 7.92. The molecule has 0 aromatic heterocycles. The van der Waals surface area contributed by atoms with Crippen LogP contribution in [0.2, 0.25) is 0 Å². The molecule has 1 aromatic carbocycles. The van der Waals surface area contributed by atoms with Gasteiger partial charge in [-0.2, -0.15) is 0 Å². The van der Waals surface area contributed by atoms with Crippen LogP contribution >= 0.6 is 0 Å². The molecular weight excluding hydrogens is 300 g/mol. The quantitative estimate of drug-likeness (QED) is 0.817. The number of hydrogen-bond donors (Lipinski definition) is 1. The van der Waals surface area contributed by atoms with Crippen molar-refractivity contribution in [2.45, 2.75) is 45.6 Å². The average Bonchev–Trinajstić information content (AvgIpc) is 2.77. The van der Waals surface area contributed by atoms with Gasteiger partial charge in [-0.3, -0.25) is 9.10 Å². The summed E-state index contributed by atoms with van der Waals surface area (Å²) in [5.74, 6) is -0.0932. The van der Waals surface area contributed by atoms with Gasteiger partial charge < -0.3 is 5.32 Å². The van der Waals surface area contributed by atoms with Crippen molar-refractivity contribution in [2.24, 2.45) is 0 Å². The molecule has 1 amide bonds. The van der Waals surface area contributed by atoms with Gasteiger partial charge in [-0.05, 0) is 43.5 Å². The fourth-order valence-electron chi connectivity index (χ4n) is 2.93. The summed E-state index contributed by atoms with van der Waals surface area (Å²) >= 11 is 0. The minimum absolute atomic E-state index is 0.0932. The molecule has 2 rings (SSSR count). The predicted molar refractivity (Wildman–Crippen MR) is 88.8 cm³/mol. The lowest BCUT2D eigenvalue weighted by Gasteiger charge is -2.21. The Morgan fingerprint density at radius 2 is 2.09 bits per heavy atom. The fourth-order valence-corrected chi connectivity index (χ4v) is 4.19. The molecule has 0 saturated heterocycles. The first-order chi connectivity index (χ1) is 10.3. The smallest absolute Gasteiger partial charge is 0.251 e. The zero-order valence-electron chi connectivity index (χ0n) is 13.4. The zero-order chi connectivity index (χ0) is 16.3. The third kappa shape index (κ3) is 3.61. The Bertz CT molecular complexity index is 655. The molecular formula is C16H24N2O3S. The normalized spacial score (nSPS) is 17.4. The van der Waals surface area contributed by atoms with Crippen LogP contribution in [-0.2, 0) is 16.4 Å². The van der Waals surface area contributed by atoms with Crippen LogP contribution in [0.3, 0.4) is 0 Å². The fraction of sp³-hybridized carbons (Fsp3) is 0.562. The van der Waals surface area contributed by atoms with E-state index in [2.05, 4.69) is 12.2 Å². The van der Waals surface area contributed by atoms with Crippen LogP contribution < -0.4 is 9.62 Å². The van der Waals surface area contributed by atoms with Crippen LogP contribution in [-0.4, -0.2) is 33.2 Å². The molecule has 0 aliphatic carbocycles. The standard InChI is InChI=1S/C16H24N2O3S/c1-4-5-6-9-17-16(19)13-7-8-15-14(11-13)10-12(2)18(15)22(3,20)21/h7-8,11-12H,4-6,9-10H2,1-3H3,(H,17,19). The Morgan fingerprint density at radius 1 is 1.36 bits per heavy atom. The van der Waals surface area contributed by atoms with Crippen LogP contribution in [0.1, 0.15) is 49.0 Å². The first-order valence-electron chi connectivity index (χ1n) is 7.75. The molecule has 1 aliphatic rings. The lowest BCUT2D eigenvalue weighted by Crippen LogP contribution is -2.34. The number of sulfonamides is 1. The van der Waals surface area contributed by atoms with Crippen molar-refractivity contribution in [1.82, 2.24) is 5.32 Å². The third-order valence-electron chi connectivity index (χ3n) is 3.92. The van der Waals surface area contributed by atoms with Gasteiger partial charge in [-0.1, -0.05) is 19.8 Å². The number of nitrogens with zero attached hydrogens (tertiary/aromatic N) is 1. The number of fused-ring (bicyclic) bond motifs is 1. The molecule has 5 nitrogen and oxygen atoms in total. The van der Waals surface area contributed by atoms with E-state index in [9.17, 15) is 13.2 Å². The lowest BCUT2D eigenvalue weighted by atomic mass is 10.1. The Morgan fingerprint density at radius 3 is 2.73 bits per heavy atom. The van der Waals surface area contributed by atoms with E-state index in [-0.39, 0.29) is 11.9 Å². The van der Waals surface area contributed by atoms with Crippen molar-refractivity contribution in [3.05, 3.63) is 29.3 Å². The number of anilines is 1. The van der Waals surface area contributed by atoms with Crippen LogP contribution in [0.15, 0.2) is 18.2 Å². The molecule has 122 valence electrons. The van der Waals surface area contributed by atoms with Gasteiger partial charge in [0.2, 0.25) is 10.0 Å². The first-order valence-corrected chi connectivity index (χ1v) is 9.60. The molecule has 0 bridgehead atoms. The van der Waals surface area contributed by atoms with Gasteiger partial charge in [0.1, 0.15) is 0 Å². The Hall–Kier alpha value is -1.56. The largest absolute Gasteiger partial charge is 0.352 e. The van der Waals surface area contributed by atoms with Crippen molar-refractivity contribution >= 4 is 21.6 Å². The maximum Gasteiger partial charge on any atom is 0.251 e. The van der Waals surface area contributed by atoms with E-state index in [1.54, 1.807) is 12.1 Å². The van der Waals surface area contributed by atoms with Crippen molar-refractivity contribution in [1.29, 1.82) is 0 Å². The summed E-state index contributed by atoms with van der Waals surface area (Å²) < 4.78 is 25.2. The van der Waals surface area contributed by atoms with Crippen LogP contribution in [0.4, 0.5) is 5.69 Å². The van der Waals surface area contributed by atoms with Crippen molar-refractivity contribution in [2.75, 3.05) is 17.1 Å². The summed E-state index contributed by atoms with van der Waals surface area (Å²) in [7, 11) is -3.29. The number of amides is 1. The average molecular weight is 324 g/mol. The number of benzene rings is 1.